The lowest BCUT2D eigenvalue weighted by Gasteiger charge is -2.28. The van der Waals surface area contributed by atoms with Gasteiger partial charge < -0.3 is 10.5 Å². The minimum atomic E-state index is -0.605. The van der Waals surface area contributed by atoms with E-state index < -0.39 is 5.60 Å². The predicted octanol–water partition coefficient (Wildman–Crippen LogP) is 1.95. The van der Waals surface area contributed by atoms with E-state index in [2.05, 4.69) is 0 Å². The highest BCUT2D eigenvalue weighted by molar-refractivity contribution is 5.32. The maximum atomic E-state index is 13.1. The molecule has 0 radical (unpaired) electrons. The number of methoxy groups -OCH3 is 1. The molecule has 1 rings (SSSR count). The highest BCUT2D eigenvalue weighted by atomic mass is 19.1. The molecule has 2 N–H and O–H groups in total. The average molecular weight is 197 g/mol. The summed E-state index contributed by atoms with van der Waals surface area (Å²) < 4.78 is 18.4. The molecule has 0 aliphatic heterocycles. The zero-order valence-corrected chi connectivity index (χ0v) is 8.80. The Morgan fingerprint density at radius 1 is 1.50 bits per heavy atom. The number of hydrogen-bond donors (Lipinski definition) is 1. The van der Waals surface area contributed by atoms with E-state index >= 15 is 0 Å². The Labute approximate surface area is 83.9 Å². The molecule has 0 spiro atoms. The molecule has 0 saturated heterocycles. The summed E-state index contributed by atoms with van der Waals surface area (Å²) in [5, 5.41) is 0. The fourth-order valence-electron chi connectivity index (χ4n) is 1.47. The Morgan fingerprint density at radius 3 is 2.64 bits per heavy atom. The Morgan fingerprint density at radius 2 is 2.14 bits per heavy atom. The zero-order valence-electron chi connectivity index (χ0n) is 8.80. The number of aryl methyl sites for hydroxylation is 1. The maximum Gasteiger partial charge on any atom is 0.123 e. The first kappa shape index (κ1) is 11.1. The Bertz CT molecular complexity index is 321. The van der Waals surface area contributed by atoms with Crippen LogP contribution in [-0.4, -0.2) is 13.7 Å². The number of ether oxygens (including phenoxy) is 1. The molecule has 0 heterocycles. The molecular weight excluding hydrogens is 181 g/mol. The molecule has 0 saturated carbocycles. The predicted molar refractivity (Wildman–Crippen MR) is 54.6 cm³/mol. The molecule has 0 aromatic heterocycles. The van der Waals surface area contributed by atoms with Crippen LogP contribution in [0, 0.1) is 12.7 Å². The summed E-state index contributed by atoms with van der Waals surface area (Å²) in [5.74, 6) is -0.262. The van der Waals surface area contributed by atoms with Crippen molar-refractivity contribution in [3.05, 3.63) is 35.1 Å². The van der Waals surface area contributed by atoms with Gasteiger partial charge in [-0.15, -0.1) is 0 Å². The second kappa shape index (κ2) is 4.07. The van der Waals surface area contributed by atoms with Crippen molar-refractivity contribution in [2.24, 2.45) is 5.73 Å². The van der Waals surface area contributed by atoms with Crippen molar-refractivity contribution in [2.45, 2.75) is 19.4 Å². The van der Waals surface area contributed by atoms with E-state index in [1.54, 1.807) is 13.2 Å². The van der Waals surface area contributed by atoms with Crippen LogP contribution in [0.4, 0.5) is 4.39 Å². The van der Waals surface area contributed by atoms with Crippen LogP contribution in [0.2, 0.25) is 0 Å². The van der Waals surface area contributed by atoms with E-state index in [0.29, 0.717) is 6.54 Å². The van der Waals surface area contributed by atoms with Gasteiger partial charge >= 0.3 is 0 Å². The van der Waals surface area contributed by atoms with Crippen molar-refractivity contribution in [3.8, 4) is 0 Å². The third-order valence-corrected chi connectivity index (χ3v) is 2.61. The van der Waals surface area contributed by atoms with E-state index in [0.717, 1.165) is 11.1 Å². The SMILES string of the molecule is COC(C)(CN)c1cc(F)ccc1C. The number of rotatable bonds is 3. The third-order valence-electron chi connectivity index (χ3n) is 2.61. The van der Waals surface area contributed by atoms with Crippen molar-refractivity contribution in [2.75, 3.05) is 13.7 Å². The Hall–Kier alpha value is -0.930. The van der Waals surface area contributed by atoms with E-state index in [4.69, 9.17) is 10.5 Å². The molecular formula is C11H16FNO. The van der Waals surface area contributed by atoms with Gasteiger partial charge in [-0.2, -0.15) is 0 Å². The lowest BCUT2D eigenvalue weighted by molar-refractivity contribution is 0.00932. The van der Waals surface area contributed by atoms with Gasteiger partial charge in [0.2, 0.25) is 0 Å². The summed E-state index contributed by atoms with van der Waals surface area (Å²) in [6.45, 7) is 4.10. The second-order valence-electron chi connectivity index (χ2n) is 3.60. The molecule has 2 nitrogen and oxygen atoms in total. The normalized spacial score (nSPS) is 15.2. The van der Waals surface area contributed by atoms with Gasteiger partial charge in [-0.05, 0) is 37.1 Å². The first-order valence-electron chi connectivity index (χ1n) is 4.55. The highest BCUT2D eigenvalue weighted by Gasteiger charge is 2.26. The fourth-order valence-corrected chi connectivity index (χ4v) is 1.47. The second-order valence-corrected chi connectivity index (χ2v) is 3.60. The monoisotopic (exact) mass is 197 g/mol. The van der Waals surface area contributed by atoms with E-state index in [-0.39, 0.29) is 5.82 Å². The molecule has 0 aliphatic rings. The van der Waals surface area contributed by atoms with Crippen molar-refractivity contribution < 1.29 is 9.13 Å². The van der Waals surface area contributed by atoms with Crippen LogP contribution in [0.15, 0.2) is 18.2 Å². The van der Waals surface area contributed by atoms with Crippen molar-refractivity contribution in [1.29, 1.82) is 0 Å². The summed E-state index contributed by atoms with van der Waals surface area (Å²) in [7, 11) is 1.58. The Balaban J connectivity index is 3.22. The van der Waals surface area contributed by atoms with Crippen molar-refractivity contribution in [1.82, 2.24) is 0 Å². The number of hydrogen-bond acceptors (Lipinski definition) is 2. The zero-order chi connectivity index (χ0) is 10.8. The summed E-state index contributed by atoms with van der Waals surface area (Å²) in [5.41, 5.74) is 6.81. The van der Waals surface area contributed by atoms with E-state index in [1.807, 2.05) is 13.8 Å². The van der Waals surface area contributed by atoms with Gasteiger partial charge in [0.1, 0.15) is 11.4 Å². The first-order chi connectivity index (χ1) is 6.53. The number of halogens is 1. The molecule has 78 valence electrons. The molecule has 0 aliphatic carbocycles. The van der Waals surface area contributed by atoms with Crippen LogP contribution in [0.3, 0.4) is 0 Å². The number of benzene rings is 1. The molecule has 14 heavy (non-hydrogen) atoms. The summed E-state index contributed by atoms with van der Waals surface area (Å²) >= 11 is 0. The lowest BCUT2D eigenvalue weighted by Crippen LogP contribution is -2.34. The van der Waals surface area contributed by atoms with Gasteiger partial charge in [-0.3, -0.25) is 0 Å². The van der Waals surface area contributed by atoms with Crippen LogP contribution >= 0.6 is 0 Å². The van der Waals surface area contributed by atoms with Crippen LogP contribution in [0.1, 0.15) is 18.1 Å². The van der Waals surface area contributed by atoms with E-state index in [9.17, 15) is 4.39 Å². The summed E-state index contributed by atoms with van der Waals surface area (Å²) in [4.78, 5) is 0. The van der Waals surface area contributed by atoms with Gasteiger partial charge in [0.05, 0.1) is 0 Å². The smallest absolute Gasteiger partial charge is 0.123 e. The molecule has 1 unspecified atom stereocenters. The molecule has 0 bridgehead atoms. The van der Waals surface area contributed by atoms with Crippen LogP contribution < -0.4 is 5.73 Å². The minimum Gasteiger partial charge on any atom is -0.372 e. The van der Waals surface area contributed by atoms with Gasteiger partial charge in [0.15, 0.2) is 0 Å². The standard InChI is InChI=1S/C11H16FNO/c1-8-4-5-9(12)6-10(8)11(2,7-13)14-3/h4-6H,7,13H2,1-3H3. The summed E-state index contributed by atoms with van der Waals surface area (Å²) in [6, 6.07) is 4.65. The van der Waals surface area contributed by atoms with Crippen LogP contribution in [0.25, 0.3) is 0 Å². The van der Waals surface area contributed by atoms with E-state index in [1.165, 1.54) is 12.1 Å². The van der Waals surface area contributed by atoms with Crippen molar-refractivity contribution in [3.63, 3.8) is 0 Å². The third kappa shape index (κ3) is 1.94. The quantitative estimate of drug-likeness (QED) is 0.803. The molecule has 1 aromatic carbocycles. The van der Waals surface area contributed by atoms with Crippen LogP contribution in [-0.2, 0) is 10.3 Å². The van der Waals surface area contributed by atoms with Crippen molar-refractivity contribution >= 4 is 0 Å². The van der Waals surface area contributed by atoms with Crippen LogP contribution in [0.5, 0.6) is 0 Å². The first-order valence-corrected chi connectivity index (χ1v) is 4.55. The van der Waals surface area contributed by atoms with Gasteiger partial charge in [0, 0.05) is 13.7 Å². The fraction of sp³-hybridized carbons (Fsp3) is 0.455. The molecule has 1 aromatic rings. The van der Waals surface area contributed by atoms with Gasteiger partial charge in [0.25, 0.3) is 0 Å². The lowest BCUT2D eigenvalue weighted by atomic mass is 9.92. The van der Waals surface area contributed by atoms with Gasteiger partial charge in [-0.25, -0.2) is 4.39 Å². The summed E-state index contributed by atoms with van der Waals surface area (Å²) in [6.07, 6.45) is 0. The highest BCUT2D eigenvalue weighted by Crippen LogP contribution is 2.26. The average Bonchev–Trinajstić information content (AvgIpc) is 2.20. The molecule has 0 fully saturated rings. The minimum absolute atomic E-state index is 0.262. The Kier molecular flexibility index (Phi) is 3.24. The molecule has 0 amide bonds. The number of nitrogens with two attached hydrogens (primary N) is 1. The largest absolute Gasteiger partial charge is 0.372 e. The van der Waals surface area contributed by atoms with Gasteiger partial charge in [-0.1, -0.05) is 6.07 Å². The molecule has 3 heteroatoms. The maximum absolute atomic E-state index is 13.1. The topological polar surface area (TPSA) is 35.2 Å². The molecule has 1 atom stereocenters.